The first-order valence-electron chi connectivity index (χ1n) is 5.58. The maximum atomic E-state index is 13.5. The number of ether oxygens (including phenoxy) is 1. The normalized spacial score (nSPS) is 10.9. The van der Waals surface area contributed by atoms with Crippen LogP contribution in [0.2, 0.25) is 0 Å². The van der Waals surface area contributed by atoms with Gasteiger partial charge < -0.3 is 14.9 Å². The highest BCUT2D eigenvalue weighted by Crippen LogP contribution is 2.32. The zero-order chi connectivity index (χ0) is 14.3. The molecule has 0 fully saturated rings. The Morgan fingerprint density at radius 1 is 1.15 bits per heavy atom. The Labute approximate surface area is 110 Å². The average Bonchev–Trinajstić information content (AvgIpc) is 2.72. The predicted molar refractivity (Wildman–Crippen MR) is 67.7 cm³/mol. The van der Waals surface area contributed by atoms with E-state index in [1.54, 1.807) is 0 Å². The van der Waals surface area contributed by atoms with E-state index in [1.165, 1.54) is 12.1 Å². The van der Waals surface area contributed by atoms with Crippen LogP contribution >= 0.6 is 0 Å². The highest BCUT2D eigenvalue weighted by Gasteiger charge is 2.11. The first kappa shape index (κ1) is 12.2. The van der Waals surface area contributed by atoms with Crippen molar-refractivity contribution < 1.29 is 17.9 Å². The molecule has 7 heteroatoms. The summed E-state index contributed by atoms with van der Waals surface area (Å²) in [5.41, 5.74) is 6.51. The Bertz CT molecular complexity index is 854. The summed E-state index contributed by atoms with van der Waals surface area (Å²) in [6.07, 6.45) is 0. The Morgan fingerprint density at radius 2 is 1.95 bits per heavy atom. The number of benzene rings is 2. The lowest BCUT2D eigenvalue weighted by Crippen LogP contribution is -1.95. The van der Waals surface area contributed by atoms with Crippen LogP contribution < -0.4 is 16.2 Å². The Morgan fingerprint density at radius 3 is 2.70 bits per heavy atom. The molecule has 0 aliphatic heterocycles. The van der Waals surface area contributed by atoms with E-state index in [4.69, 9.17) is 14.9 Å². The van der Waals surface area contributed by atoms with Gasteiger partial charge in [0.15, 0.2) is 22.9 Å². The molecule has 0 aliphatic rings. The number of aromatic nitrogens is 1. The Balaban J connectivity index is 2.05. The van der Waals surface area contributed by atoms with Crippen LogP contribution in [-0.4, -0.2) is 4.98 Å². The third-order valence-corrected chi connectivity index (χ3v) is 2.67. The minimum Gasteiger partial charge on any atom is -0.452 e. The molecule has 0 saturated heterocycles. The van der Waals surface area contributed by atoms with Gasteiger partial charge in [-0.3, -0.25) is 4.98 Å². The van der Waals surface area contributed by atoms with Gasteiger partial charge in [0.25, 0.3) is 0 Å². The molecule has 2 aromatic carbocycles. The molecule has 0 unspecified atom stereocenters. The van der Waals surface area contributed by atoms with Crippen LogP contribution in [-0.2, 0) is 0 Å². The summed E-state index contributed by atoms with van der Waals surface area (Å²) in [5.74, 6) is -2.25. The lowest BCUT2D eigenvalue weighted by Gasteiger charge is -2.09. The highest BCUT2D eigenvalue weighted by molar-refractivity contribution is 5.80. The fraction of sp³-hybridized carbons (Fsp3) is 0. The molecule has 0 aliphatic carbocycles. The molecule has 0 bridgehead atoms. The SMILES string of the molecule is Nc1cc2oc(=O)[nH]c2cc1Oc1ccc(F)cc1F. The molecule has 1 heterocycles. The predicted octanol–water partition coefficient (Wildman–Crippen LogP) is 2.77. The van der Waals surface area contributed by atoms with Gasteiger partial charge in [0, 0.05) is 18.2 Å². The number of aromatic amines is 1. The van der Waals surface area contributed by atoms with Crippen LogP contribution in [0.15, 0.2) is 39.5 Å². The van der Waals surface area contributed by atoms with Gasteiger partial charge in [-0.25, -0.2) is 13.6 Å². The molecule has 5 nitrogen and oxygen atoms in total. The van der Waals surface area contributed by atoms with Crippen molar-refractivity contribution in [1.29, 1.82) is 0 Å². The lowest BCUT2D eigenvalue weighted by molar-refractivity contribution is 0.440. The summed E-state index contributed by atoms with van der Waals surface area (Å²) in [6.45, 7) is 0. The monoisotopic (exact) mass is 278 g/mol. The van der Waals surface area contributed by atoms with Crippen LogP contribution in [0.3, 0.4) is 0 Å². The molecule has 0 saturated carbocycles. The van der Waals surface area contributed by atoms with Crippen molar-refractivity contribution in [3.8, 4) is 11.5 Å². The van der Waals surface area contributed by atoms with Crippen molar-refractivity contribution in [3.63, 3.8) is 0 Å². The average molecular weight is 278 g/mol. The van der Waals surface area contributed by atoms with E-state index in [-0.39, 0.29) is 22.8 Å². The highest BCUT2D eigenvalue weighted by atomic mass is 19.1. The maximum Gasteiger partial charge on any atom is 0.417 e. The number of halogens is 2. The van der Waals surface area contributed by atoms with Gasteiger partial charge in [0.1, 0.15) is 5.82 Å². The number of hydrogen-bond donors (Lipinski definition) is 2. The zero-order valence-corrected chi connectivity index (χ0v) is 9.94. The number of rotatable bonds is 2. The van der Waals surface area contributed by atoms with Gasteiger partial charge in [-0.1, -0.05) is 0 Å². The number of nitrogen functional groups attached to an aromatic ring is 1. The van der Waals surface area contributed by atoms with Crippen molar-refractivity contribution >= 4 is 16.8 Å². The Kier molecular flexibility index (Phi) is 2.67. The Hall–Kier alpha value is -2.83. The summed E-state index contributed by atoms with van der Waals surface area (Å²) in [5, 5.41) is 0. The van der Waals surface area contributed by atoms with E-state index in [9.17, 15) is 13.6 Å². The van der Waals surface area contributed by atoms with Crippen molar-refractivity contribution in [3.05, 3.63) is 52.5 Å². The second kappa shape index (κ2) is 4.37. The van der Waals surface area contributed by atoms with Crippen LogP contribution in [0, 0.1) is 11.6 Å². The van der Waals surface area contributed by atoms with E-state index < -0.39 is 17.4 Å². The second-order valence-electron chi connectivity index (χ2n) is 4.08. The fourth-order valence-corrected chi connectivity index (χ4v) is 1.76. The largest absolute Gasteiger partial charge is 0.452 e. The van der Waals surface area contributed by atoms with E-state index in [2.05, 4.69) is 4.98 Å². The van der Waals surface area contributed by atoms with Crippen molar-refractivity contribution in [2.45, 2.75) is 0 Å². The quantitative estimate of drug-likeness (QED) is 0.706. The summed E-state index contributed by atoms with van der Waals surface area (Å²) in [7, 11) is 0. The molecule has 3 aromatic rings. The number of fused-ring (bicyclic) bond motifs is 1. The smallest absolute Gasteiger partial charge is 0.417 e. The standard InChI is InChI=1S/C13H8F2N2O3/c14-6-1-2-10(7(15)3-6)19-11-5-9-12(4-8(11)16)20-13(18)17-9/h1-5H,16H2,(H,17,18). The molecular formula is C13H8F2N2O3. The minimum absolute atomic E-state index is 0.125. The zero-order valence-electron chi connectivity index (χ0n) is 9.94. The van der Waals surface area contributed by atoms with E-state index >= 15 is 0 Å². The third kappa shape index (κ3) is 2.09. The summed E-state index contributed by atoms with van der Waals surface area (Å²) < 4.78 is 36.4. The van der Waals surface area contributed by atoms with Crippen LogP contribution in [0.4, 0.5) is 14.5 Å². The van der Waals surface area contributed by atoms with Crippen molar-refractivity contribution in [2.24, 2.45) is 0 Å². The fourth-order valence-electron chi connectivity index (χ4n) is 1.76. The molecule has 20 heavy (non-hydrogen) atoms. The minimum atomic E-state index is -0.856. The number of anilines is 1. The summed E-state index contributed by atoms with van der Waals surface area (Å²) >= 11 is 0. The van der Waals surface area contributed by atoms with Crippen LogP contribution in [0.5, 0.6) is 11.5 Å². The first-order chi connectivity index (χ1) is 9.52. The first-order valence-corrected chi connectivity index (χ1v) is 5.58. The summed E-state index contributed by atoms with van der Waals surface area (Å²) in [6, 6.07) is 5.69. The molecule has 0 amide bonds. The van der Waals surface area contributed by atoms with Gasteiger partial charge in [0.2, 0.25) is 0 Å². The van der Waals surface area contributed by atoms with Crippen LogP contribution in [0.25, 0.3) is 11.1 Å². The molecule has 3 rings (SSSR count). The van der Waals surface area contributed by atoms with Gasteiger partial charge >= 0.3 is 5.76 Å². The maximum absolute atomic E-state index is 13.5. The van der Waals surface area contributed by atoms with Gasteiger partial charge in [-0.2, -0.15) is 0 Å². The van der Waals surface area contributed by atoms with E-state index in [1.807, 2.05) is 0 Å². The van der Waals surface area contributed by atoms with Gasteiger partial charge in [-0.15, -0.1) is 0 Å². The second-order valence-corrected chi connectivity index (χ2v) is 4.08. The molecule has 1 aromatic heterocycles. The molecule has 102 valence electrons. The van der Waals surface area contributed by atoms with Gasteiger partial charge in [-0.05, 0) is 12.1 Å². The van der Waals surface area contributed by atoms with Crippen LogP contribution in [0.1, 0.15) is 0 Å². The topological polar surface area (TPSA) is 81.2 Å². The number of oxazole rings is 1. The van der Waals surface area contributed by atoms with Crippen molar-refractivity contribution in [2.75, 3.05) is 5.73 Å². The molecule has 0 radical (unpaired) electrons. The molecule has 0 atom stereocenters. The molecule has 0 spiro atoms. The van der Waals surface area contributed by atoms with Gasteiger partial charge in [0.05, 0.1) is 11.2 Å². The lowest BCUT2D eigenvalue weighted by atomic mass is 10.2. The van der Waals surface area contributed by atoms with E-state index in [0.717, 1.165) is 12.1 Å². The number of hydrogen-bond acceptors (Lipinski definition) is 4. The van der Waals surface area contributed by atoms with E-state index in [0.29, 0.717) is 11.6 Å². The number of nitrogens with one attached hydrogen (secondary N) is 1. The summed E-state index contributed by atoms with van der Waals surface area (Å²) in [4.78, 5) is 13.5. The number of nitrogens with two attached hydrogens (primary N) is 1. The number of H-pyrrole nitrogens is 1. The third-order valence-electron chi connectivity index (χ3n) is 2.67. The molecular weight excluding hydrogens is 270 g/mol. The van der Waals surface area contributed by atoms with Crippen molar-refractivity contribution in [1.82, 2.24) is 4.98 Å². The molecule has 3 N–H and O–H groups in total.